The van der Waals surface area contributed by atoms with Crippen LogP contribution >= 0.6 is 23.2 Å². The Kier molecular flexibility index (Phi) is 9.58. The number of ether oxygens (including phenoxy) is 1. The number of hydrogen-bond donors (Lipinski definition) is 4. The van der Waals surface area contributed by atoms with Gasteiger partial charge in [0.05, 0.1) is 12.5 Å². The number of alkyl carbamates (subject to hydrolysis) is 1. The molecule has 0 aromatic heterocycles. The van der Waals surface area contributed by atoms with Crippen molar-refractivity contribution in [3.63, 3.8) is 0 Å². The van der Waals surface area contributed by atoms with E-state index in [1.807, 2.05) is 18.2 Å². The lowest BCUT2D eigenvalue weighted by Crippen LogP contribution is -2.47. The third kappa shape index (κ3) is 8.84. The van der Waals surface area contributed by atoms with Crippen molar-refractivity contribution in [3.05, 3.63) is 69.7 Å². The van der Waals surface area contributed by atoms with E-state index in [1.54, 1.807) is 24.3 Å². The minimum absolute atomic E-state index is 0.0667. The van der Waals surface area contributed by atoms with Gasteiger partial charge in [0.1, 0.15) is 12.6 Å². The normalized spacial score (nSPS) is 12.5. The van der Waals surface area contributed by atoms with E-state index in [1.165, 1.54) is 6.07 Å². The SMILES string of the molecule is NC(=O)[C@@H](Cc1ccc(Cl)cc1Cl)NC(=O)C[C@@H](O)CNC(=O)OCc1ccccc1. The van der Waals surface area contributed by atoms with Crippen LogP contribution in [0.3, 0.4) is 0 Å². The van der Waals surface area contributed by atoms with Gasteiger partial charge >= 0.3 is 6.09 Å². The predicted molar refractivity (Wildman–Crippen MR) is 117 cm³/mol. The molecule has 0 fully saturated rings. The molecular weight excluding hydrogens is 445 g/mol. The number of hydrogen-bond acceptors (Lipinski definition) is 5. The Morgan fingerprint density at radius 2 is 1.81 bits per heavy atom. The van der Waals surface area contributed by atoms with Gasteiger partial charge in [-0.3, -0.25) is 9.59 Å². The molecule has 0 saturated heterocycles. The van der Waals surface area contributed by atoms with E-state index in [-0.39, 0.29) is 26.0 Å². The molecule has 166 valence electrons. The largest absolute Gasteiger partial charge is 0.445 e. The highest BCUT2D eigenvalue weighted by Gasteiger charge is 2.21. The highest BCUT2D eigenvalue weighted by Crippen LogP contribution is 2.22. The lowest BCUT2D eigenvalue weighted by Gasteiger charge is -2.18. The average molecular weight is 468 g/mol. The number of carbonyl (C=O) groups excluding carboxylic acids is 3. The highest BCUT2D eigenvalue weighted by molar-refractivity contribution is 6.35. The molecule has 0 unspecified atom stereocenters. The fourth-order valence-electron chi connectivity index (χ4n) is 2.64. The van der Waals surface area contributed by atoms with Gasteiger partial charge in [-0.15, -0.1) is 0 Å². The number of nitrogens with one attached hydrogen (secondary N) is 2. The lowest BCUT2D eigenvalue weighted by molar-refractivity contribution is -0.128. The Morgan fingerprint density at radius 1 is 1.10 bits per heavy atom. The summed E-state index contributed by atoms with van der Waals surface area (Å²) in [5.41, 5.74) is 6.76. The van der Waals surface area contributed by atoms with Gasteiger partial charge in [-0.25, -0.2) is 4.79 Å². The Morgan fingerprint density at radius 3 is 2.45 bits per heavy atom. The molecule has 0 aliphatic carbocycles. The third-order valence-electron chi connectivity index (χ3n) is 4.23. The second-order valence-electron chi connectivity index (χ2n) is 6.76. The van der Waals surface area contributed by atoms with E-state index in [4.69, 9.17) is 33.7 Å². The first-order valence-electron chi connectivity index (χ1n) is 9.40. The molecule has 8 nitrogen and oxygen atoms in total. The van der Waals surface area contributed by atoms with Gasteiger partial charge in [-0.2, -0.15) is 0 Å². The maximum absolute atomic E-state index is 12.2. The first kappa shape index (κ1) is 24.5. The Hall–Kier alpha value is -2.81. The standard InChI is InChI=1S/C21H23Cl2N3O5/c22-15-7-6-14(17(23)9-15)8-18(20(24)29)26-19(28)10-16(27)11-25-21(30)31-12-13-4-2-1-3-5-13/h1-7,9,16,18,27H,8,10-12H2,(H2,24,29)(H,25,30)(H,26,28)/t16-,18-/m1/s1. The lowest BCUT2D eigenvalue weighted by atomic mass is 10.0. The van der Waals surface area contributed by atoms with Crippen LogP contribution in [0.4, 0.5) is 4.79 Å². The molecule has 2 rings (SSSR count). The summed E-state index contributed by atoms with van der Waals surface area (Å²) in [5.74, 6) is -1.36. The number of carbonyl (C=O) groups is 3. The summed E-state index contributed by atoms with van der Waals surface area (Å²) in [7, 11) is 0. The average Bonchev–Trinajstić information content (AvgIpc) is 2.72. The van der Waals surface area contributed by atoms with Crippen LogP contribution < -0.4 is 16.4 Å². The molecule has 0 aliphatic rings. The maximum Gasteiger partial charge on any atom is 0.407 e. The fraction of sp³-hybridized carbons (Fsp3) is 0.286. The van der Waals surface area contributed by atoms with Gasteiger partial charge in [-0.1, -0.05) is 59.6 Å². The Balaban J connectivity index is 1.77. The van der Waals surface area contributed by atoms with Crippen molar-refractivity contribution in [2.75, 3.05) is 6.54 Å². The van der Waals surface area contributed by atoms with Crippen LogP contribution in [-0.2, 0) is 27.4 Å². The number of aliphatic hydroxyl groups excluding tert-OH is 1. The summed E-state index contributed by atoms with van der Waals surface area (Å²) >= 11 is 11.9. The molecule has 0 aliphatic heterocycles. The molecule has 0 radical (unpaired) electrons. The molecule has 0 bridgehead atoms. The Labute approximate surface area is 189 Å². The minimum Gasteiger partial charge on any atom is -0.445 e. The zero-order valence-corrected chi connectivity index (χ0v) is 18.0. The summed E-state index contributed by atoms with van der Waals surface area (Å²) in [6, 6.07) is 12.8. The van der Waals surface area contributed by atoms with Gasteiger partial charge in [0.25, 0.3) is 0 Å². The van der Waals surface area contributed by atoms with Crippen molar-refractivity contribution >= 4 is 41.1 Å². The van der Waals surface area contributed by atoms with Gasteiger partial charge < -0.3 is 26.2 Å². The monoisotopic (exact) mass is 467 g/mol. The minimum atomic E-state index is -1.18. The smallest absolute Gasteiger partial charge is 0.407 e. The maximum atomic E-state index is 12.2. The van der Waals surface area contributed by atoms with Crippen molar-refractivity contribution < 1.29 is 24.2 Å². The summed E-state index contributed by atoms with van der Waals surface area (Å²) in [5, 5.41) is 15.6. The van der Waals surface area contributed by atoms with Crippen LogP contribution in [0.2, 0.25) is 10.0 Å². The van der Waals surface area contributed by atoms with E-state index in [0.717, 1.165) is 5.56 Å². The number of amides is 3. The zero-order valence-electron chi connectivity index (χ0n) is 16.5. The predicted octanol–water partition coefficient (Wildman–Crippen LogP) is 2.18. The number of rotatable bonds is 10. The number of nitrogens with two attached hydrogens (primary N) is 1. The van der Waals surface area contributed by atoms with Gasteiger partial charge in [0, 0.05) is 23.0 Å². The van der Waals surface area contributed by atoms with E-state index >= 15 is 0 Å². The topological polar surface area (TPSA) is 131 Å². The summed E-state index contributed by atoms with van der Waals surface area (Å²) in [6.45, 7) is -0.123. The molecule has 2 aromatic rings. The van der Waals surface area contributed by atoms with Crippen LogP contribution in [0, 0.1) is 0 Å². The third-order valence-corrected chi connectivity index (χ3v) is 4.82. The second kappa shape index (κ2) is 12.1. The van der Waals surface area contributed by atoms with Crippen molar-refractivity contribution in [3.8, 4) is 0 Å². The van der Waals surface area contributed by atoms with Gasteiger partial charge in [0.15, 0.2) is 0 Å². The second-order valence-corrected chi connectivity index (χ2v) is 7.61. The fourth-order valence-corrected chi connectivity index (χ4v) is 3.13. The number of aliphatic hydroxyl groups is 1. The van der Waals surface area contributed by atoms with E-state index in [9.17, 15) is 19.5 Å². The van der Waals surface area contributed by atoms with Crippen LogP contribution in [0.5, 0.6) is 0 Å². The van der Waals surface area contributed by atoms with Crippen LogP contribution in [0.25, 0.3) is 0 Å². The van der Waals surface area contributed by atoms with Gasteiger partial charge in [-0.05, 0) is 23.3 Å². The van der Waals surface area contributed by atoms with Crippen molar-refractivity contribution in [2.24, 2.45) is 5.73 Å². The summed E-state index contributed by atoms with van der Waals surface area (Å²) in [4.78, 5) is 35.6. The summed E-state index contributed by atoms with van der Waals surface area (Å²) in [6.07, 6.45) is -2.19. The highest BCUT2D eigenvalue weighted by atomic mass is 35.5. The van der Waals surface area contributed by atoms with E-state index < -0.39 is 30.1 Å². The molecule has 2 atom stereocenters. The first-order chi connectivity index (χ1) is 14.7. The molecule has 10 heteroatoms. The molecule has 0 saturated carbocycles. The number of primary amides is 1. The van der Waals surface area contributed by atoms with E-state index in [2.05, 4.69) is 10.6 Å². The molecule has 0 heterocycles. The molecule has 2 aromatic carbocycles. The van der Waals surface area contributed by atoms with Crippen molar-refractivity contribution in [1.29, 1.82) is 0 Å². The van der Waals surface area contributed by atoms with Crippen molar-refractivity contribution in [2.45, 2.75) is 31.6 Å². The first-order valence-corrected chi connectivity index (χ1v) is 10.2. The molecular formula is C21H23Cl2N3O5. The number of halogens is 2. The number of benzene rings is 2. The van der Waals surface area contributed by atoms with Crippen LogP contribution in [-0.4, -0.2) is 41.7 Å². The summed E-state index contributed by atoms with van der Waals surface area (Å²) < 4.78 is 5.02. The molecule has 5 N–H and O–H groups in total. The zero-order chi connectivity index (χ0) is 22.8. The van der Waals surface area contributed by atoms with Crippen LogP contribution in [0.15, 0.2) is 48.5 Å². The molecule has 0 spiro atoms. The van der Waals surface area contributed by atoms with Crippen molar-refractivity contribution in [1.82, 2.24) is 10.6 Å². The van der Waals surface area contributed by atoms with Crippen LogP contribution in [0.1, 0.15) is 17.5 Å². The molecule has 3 amide bonds. The van der Waals surface area contributed by atoms with E-state index in [0.29, 0.717) is 15.6 Å². The quantitative estimate of drug-likeness (QED) is 0.425. The molecule has 31 heavy (non-hydrogen) atoms. The van der Waals surface area contributed by atoms with Gasteiger partial charge in [0.2, 0.25) is 11.8 Å². The Bertz CT molecular complexity index is 911.